The average Bonchev–Trinajstić information content (AvgIpc) is 2.67. The van der Waals surface area contributed by atoms with E-state index in [9.17, 15) is 13.6 Å². The molecule has 1 amide bonds. The summed E-state index contributed by atoms with van der Waals surface area (Å²) in [6, 6.07) is 11.2. The number of nitrogens with zero attached hydrogens (tertiary/aromatic N) is 2. The lowest BCUT2D eigenvalue weighted by Gasteiger charge is -2.23. The van der Waals surface area contributed by atoms with Crippen LogP contribution in [0.1, 0.15) is 15.9 Å². The minimum atomic E-state index is -1.09. The third-order valence-corrected chi connectivity index (χ3v) is 3.86. The molecule has 114 valence electrons. The first-order valence-corrected chi connectivity index (χ1v) is 7.10. The van der Waals surface area contributed by atoms with E-state index in [2.05, 4.69) is 4.90 Å². The highest BCUT2D eigenvalue weighted by Crippen LogP contribution is 2.26. The van der Waals surface area contributed by atoms with Crippen LogP contribution in [-0.2, 0) is 6.54 Å². The molecule has 0 saturated heterocycles. The molecule has 0 aromatic heterocycles. The molecular weight excluding hydrogens is 286 g/mol. The Morgan fingerprint density at radius 1 is 1.05 bits per heavy atom. The van der Waals surface area contributed by atoms with Gasteiger partial charge < -0.3 is 9.80 Å². The zero-order valence-corrected chi connectivity index (χ0v) is 12.2. The number of anilines is 1. The van der Waals surface area contributed by atoms with Crippen LogP contribution in [0.25, 0.3) is 0 Å². The number of fused-ring (bicyclic) bond motifs is 1. The molecule has 0 aliphatic carbocycles. The normalized spacial score (nSPS) is 15.3. The number of para-hydroxylation sites is 1. The van der Waals surface area contributed by atoms with E-state index in [-0.39, 0.29) is 5.56 Å². The summed E-state index contributed by atoms with van der Waals surface area (Å²) in [5, 5.41) is 0. The van der Waals surface area contributed by atoms with Crippen molar-refractivity contribution in [3.05, 3.63) is 65.2 Å². The Morgan fingerprint density at radius 2 is 1.82 bits per heavy atom. The zero-order valence-electron chi connectivity index (χ0n) is 12.2. The second kappa shape index (κ2) is 5.85. The monoisotopic (exact) mass is 302 g/mol. The van der Waals surface area contributed by atoms with Gasteiger partial charge >= 0.3 is 0 Å². The molecule has 0 atom stereocenters. The molecule has 1 heterocycles. The van der Waals surface area contributed by atoms with Gasteiger partial charge in [-0.3, -0.25) is 4.79 Å². The molecular formula is C17H16F2N2O. The third kappa shape index (κ3) is 2.60. The second-order valence-electron chi connectivity index (χ2n) is 5.42. The van der Waals surface area contributed by atoms with E-state index in [1.54, 1.807) is 0 Å². The highest BCUT2D eigenvalue weighted by atomic mass is 19.2. The molecule has 0 saturated carbocycles. The number of benzene rings is 2. The summed E-state index contributed by atoms with van der Waals surface area (Å²) in [4.78, 5) is 16.3. The van der Waals surface area contributed by atoms with Crippen molar-refractivity contribution in [3.8, 4) is 0 Å². The van der Waals surface area contributed by atoms with Crippen molar-refractivity contribution in [1.29, 1.82) is 0 Å². The van der Waals surface area contributed by atoms with E-state index in [1.165, 1.54) is 17.0 Å². The first-order valence-electron chi connectivity index (χ1n) is 7.10. The summed E-state index contributed by atoms with van der Waals surface area (Å²) in [6.45, 7) is 1.81. The largest absolute Gasteiger partial charge is 0.307 e. The number of amides is 1. The molecule has 0 unspecified atom stereocenters. The van der Waals surface area contributed by atoms with Crippen LogP contribution >= 0.6 is 0 Å². The van der Waals surface area contributed by atoms with Crippen molar-refractivity contribution in [1.82, 2.24) is 4.90 Å². The molecule has 0 radical (unpaired) electrons. The summed E-state index contributed by atoms with van der Waals surface area (Å²) >= 11 is 0. The zero-order chi connectivity index (χ0) is 15.7. The van der Waals surface area contributed by atoms with Crippen molar-refractivity contribution in [2.45, 2.75) is 6.54 Å². The Kier molecular flexibility index (Phi) is 3.90. The maximum atomic E-state index is 13.9. The van der Waals surface area contributed by atoms with Crippen LogP contribution in [0.3, 0.4) is 0 Å². The molecule has 22 heavy (non-hydrogen) atoms. The van der Waals surface area contributed by atoms with E-state index >= 15 is 0 Å². The van der Waals surface area contributed by atoms with E-state index in [0.29, 0.717) is 19.6 Å². The van der Waals surface area contributed by atoms with Crippen LogP contribution in [0.2, 0.25) is 0 Å². The van der Waals surface area contributed by atoms with Crippen LogP contribution in [0.5, 0.6) is 0 Å². The standard InChI is InChI=1S/C17H16F2N2O/c1-20-9-10-21(15-8-3-2-5-12(15)11-20)17(22)13-6-4-7-14(18)16(13)19/h2-8H,9-11H2,1H3. The van der Waals surface area contributed by atoms with Gasteiger partial charge in [0.05, 0.1) is 5.56 Å². The molecule has 3 nitrogen and oxygen atoms in total. The fraction of sp³-hybridized carbons (Fsp3) is 0.235. The van der Waals surface area contributed by atoms with Gasteiger partial charge in [0.15, 0.2) is 11.6 Å². The maximum absolute atomic E-state index is 13.9. The van der Waals surface area contributed by atoms with Gasteiger partial charge in [-0.15, -0.1) is 0 Å². The van der Waals surface area contributed by atoms with Crippen molar-refractivity contribution in [2.75, 3.05) is 25.0 Å². The summed E-state index contributed by atoms with van der Waals surface area (Å²) < 4.78 is 27.3. The Bertz CT molecular complexity index is 718. The van der Waals surface area contributed by atoms with E-state index in [1.807, 2.05) is 31.3 Å². The Balaban J connectivity index is 2.04. The predicted molar refractivity (Wildman–Crippen MR) is 80.8 cm³/mol. The number of carbonyl (C=O) groups excluding carboxylic acids is 1. The van der Waals surface area contributed by atoms with Crippen LogP contribution in [0, 0.1) is 11.6 Å². The Morgan fingerprint density at radius 3 is 2.64 bits per heavy atom. The van der Waals surface area contributed by atoms with Gasteiger partial charge in [-0.25, -0.2) is 8.78 Å². The fourth-order valence-corrected chi connectivity index (χ4v) is 2.69. The molecule has 2 aromatic rings. The molecule has 3 rings (SSSR count). The smallest absolute Gasteiger partial charge is 0.261 e. The molecule has 1 aliphatic rings. The van der Waals surface area contributed by atoms with Crippen LogP contribution in [-0.4, -0.2) is 30.9 Å². The van der Waals surface area contributed by atoms with Crippen molar-refractivity contribution in [2.24, 2.45) is 0 Å². The van der Waals surface area contributed by atoms with Gasteiger partial charge in [-0.1, -0.05) is 24.3 Å². The highest BCUT2D eigenvalue weighted by molar-refractivity contribution is 6.06. The van der Waals surface area contributed by atoms with Gasteiger partial charge in [-0.05, 0) is 30.8 Å². The van der Waals surface area contributed by atoms with E-state index in [0.717, 1.165) is 17.3 Å². The van der Waals surface area contributed by atoms with Gasteiger partial charge in [0.25, 0.3) is 5.91 Å². The number of rotatable bonds is 1. The molecule has 1 aliphatic heterocycles. The number of hydrogen-bond acceptors (Lipinski definition) is 2. The minimum absolute atomic E-state index is 0.237. The molecule has 0 spiro atoms. The van der Waals surface area contributed by atoms with E-state index < -0.39 is 17.5 Å². The molecule has 5 heteroatoms. The van der Waals surface area contributed by atoms with E-state index in [4.69, 9.17) is 0 Å². The lowest BCUT2D eigenvalue weighted by molar-refractivity contribution is 0.0981. The SMILES string of the molecule is CN1CCN(C(=O)c2cccc(F)c2F)c2ccccc2C1. The number of hydrogen-bond donors (Lipinski definition) is 0. The van der Waals surface area contributed by atoms with Crippen molar-refractivity contribution in [3.63, 3.8) is 0 Å². The van der Waals surface area contributed by atoms with Gasteiger partial charge in [0.2, 0.25) is 0 Å². The Hall–Kier alpha value is -2.27. The summed E-state index contributed by atoms with van der Waals surface area (Å²) in [6.07, 6.45) is 0. The lowest BCUT2D eigenvalue weighted by Crippen LogP contribution is -2.35. The minimum Gasteiger partial charge on any atom is -0.307 e. The number of likely N-dealkylation sites (N-methyl/N-ethyl adjacent to an activating group) is 1. The van der Waals surface area contributed by atoms with Crippen LogP contribution in [0.15, 0.2) is 42.5 Å². The summed E-state index contributed by atoms with van der Waals surface area (Å²) in [5.74, 6) is -2.62. The average molecular weight is 302 g/mol. The third-order valence-electron chi connectivity index (χ3n) is 3.86. The summed E-state index contributed by atoms with van der Waals surface area (Å²) in [5.41, 5.74) is 1.51. The molecule has 0 N–H and O–H groups in total. The lowest BCUT2D eigenvalue weighted by atomic mass is 10.1. The van der Waals surface area contributed by atoms with Crippen molar-refractivity contribution >= 4 is 11.6 Å². The second-order valence-corrected chi connectivity index (χ2v) is 5.42. The van der Waals surface area contributed by atoms with Gasteiger partial charge in [0.1, 0.15) is 0 Å². The van der Waals surface area contributed by atoms with Gasteiger partial charge in [0, 0.05) is 25.3 Å². The first kappa shape index (κ1) is 14.7. The predicted octanol–water partition coefficient (Wildman–Crippen LogP) is 3.06. The van der Waals surface area contributed by atoms with Crippen LogP contribution < -0.4 is 4.90 Å². The Labute approximate surface area is 127 Å². The van der Waals surface area contributed by atoms with Gasteiger partial charge in [-0.2, -0.15) is 0 Å². The number of halogens is 2. The quantitative estimate of drug-likeness (QED) is 0.808. The fourth-order valence-electron chi connectivity index (χ4n) is 2.69. The highest BCUT2D eigenvalue weighted by Gasteiger charge is 2.26. The summed E-state index contributed by atoms with van der Waals surface area (Å²) in [7, 11) is 1.97. The molecule has 0 bridgehead atoms. The molecule has 0 fully saturated rings. The first-order chi connectivity index (χ1) is 10.6. The number of carbonyl (C=O) groups is 1. The maximum Gasteiger partial charge on any atom is 0.261 e. The topological polar surface area (TPSA) is 23.6 Å². The van der Waals surface area contributed by atoms with Crippen LogP contribution in [0.4, 0.5) is 14.5 Å². The van der Waals surface area contributed by atoms with Crippen molar-refractivity contribution < 1.29 is 13.6 Å². The molecule has 2 aromatic carbocycles.